The Hall–Kier alpha value is -0.100. The number of halogens is 1. The topological polar surface area (TPSA) is 9.23 Å². The van der Waals surface area contributed by atoms with E-state index in [1.165, 1.54) is 24.0 Å². The second-order valence-corrected chi connectivity index (χ2v) is 6.32. The zero-order valence-electron chi connectivity index (χ0n) is 10.3. The molecular formula is C13H20ClOP. The van der Waals surface area contributed by atoms with Crippen LogP contribution in [0.1, 0.15) is 37.3 Å². The molecule has 0 fully saturated rings. The van der Waals surface area contributed by atoms with Crippen LogP contribution in [-0.4, -0.2) is 6.61 Å². The Kier molecular flexibility index (Phi) is 6.34. The summed E-state index contributed by atoms with van der Waals surface area (Å²) in [5, 5.41) is 1.13. The zero-order valence-corrected chi connectivity index (χ0v) is 11.9. The second-order valence-electron chi connectivity index (χ2n) is 4.13. The average Bonchev–Trinajstić information content (AvgIpc) is 2.22. The summed E-state index contributed by atoms with van der Waals surface area (Å²) in [6.45, 7) is 7.14. The monoisotopic (exact) mass is 258 g/mol. The molecule has 1 aromatic rings. The highest BCUT2D eigenvalue weighted by molar-refractivity contribution is 7.86. The van der Waals surface area contributed by atoms with E-state index in [1.807, 2.05) is 0 Å². The van der Waals surface area contributed by atoms with Gasteiger partial charge in [-0.3, -0.25) is 0 Å². The maximum Gasteiger partial charge on any atom is 0.157 e. The number of benzene rings is 1. The lowest BCUT2D eigenvalue weighted by Crippen LogP contribution is -2.02. The van der Waals surface area contributed by atoms with Crippen molar-refractivity contribution in [3.63, 3.8) is 0 Å². The van der Waals surface area contributed by atoms with Gasteiger partial charge in [-0.15, -0.1) is 0 Å². The Morgan fingerprint density at radius 1 is 1.12 bits per heavy atom. The van der Waals surface area contributed by atoms with E-state index >= 15 is 0 Å². The number of unbranched alkanes of at least 4 members (excludes halogenated alkanes) is 2. The molecule has 1 unspecified atom stereocenters. The van der Waals surface area contributed by atoms with Crippen LogP contribution in [0, 0.1) is 13.8 Å². The van der Waals surface area contributed by atoms with Gasteiger partial charge in [0.2, 0.25) is 0 Å². The first kappa shape index (κ1) is 14.0. The van der Waals surface area contributed by atoms with Crippen molar-refractivity contribution in [3.8, 4) is 0 Å². The van der Waals surface area contributed by atoms with Crippen molar-refractivity contribution < 1.29 is 4.52 Å². The smallest absolute Gasteiger partial charge is 0.157 e. The summed E-state index contributed by atoms with van der Waals surface area (Å²) in [5.41, 5.74) is 2.50. The molecule has 0 aromatic heterocycles. The molecule has 0 N–H and O–H groups in total. The van der Waals surface area contributed by atoms with Gasteiger partial charge in [-0.25, -0.2) is 0 Å². The summed E-state index contributed by atoms with van der Waals surface area (Å²) in [7, 11) is -0.952. The van der Waals surface area contributed by atoms with E-state index in [4.69, 9.17) is 15.8 Å². The quantitative estimate of drug-likeness (QED) is 0.531. The van der Waals surface area contributed by atoms with Gasteiger partial charge in [0.25, 0.3) is 0 Å². The van der Waals surface area contributed by atoms with Crippen LogP contribution in [0.15, 0.2) is 18.2 Å². The average molecular weight is 259 g/mol. The van der Waals surface area contributed by atoms with Crippen LogP contribution >= 0.6 is 18.7 Å². The van der Waals surface area contributed by atoms with Gasteiger partial charge in [-0.2, -0.15) is 0 Å². The van der Waals surface area contributed by atoms with Crippen molar-refractivity contribution in [1.29, 1.82) is 0 Å². The third-order valence-electron chi connectivity index (χ3n) is 2.36. The van der Waals surface area contributed by atoms with E-state index in [-0.39, 0.29) is 0 Å². The first-order valence-electron chi connectivity index (χ1n) is 5.80. The standard InChI is InChI=1S/C13H20ClOP/c1-4-5-6-7-15-16(14)13-9-11(2)8-12(3)10-13/h8-10H,4-7H2,1-3H3. The largest absolute Gasteiger partial charge is 0.340 e. The van der Waals surface area contributed by atoms with E-state index in [0.717, 1.165) is 18.3 Å². The Labute approximate surface area is 105 Å². The Morgan fingerprint density at radius 2 is 1.75 bits per heavy atom. The van der Waals surface area contributed by atoms with E-state index < -0.39 is 7.50 Å². The fourth-order valence-corrected chi connectivity index (χ4v) is 3.17. The zero-order chi connectivity index (χ0) is 12.0. The molecule has 90 valence electrons. The van der Waals surface area contributed by atoms with E-state index in [9.17, 15) is 0 Å². The van der Waals surface area contributed by atoms with Gasteiger partial charge in [-0.1, -0.05) is 48.2 Å². The van der Waals surface area contributed by atoms with Gasteiger partial charge in [0.15, 0.2) is 7.50 Å². The Morgan fingerprint density at radius 3 is 2.31 bits per heavy atom. The predicted molar refractivity (Wildman–Crippen MR) is 73.8 cm³/mol. The molecule has 1 aromatic carbocycles. The third kappa shape index (κ3) is 4.82. The van der Waals surface area contributed by atoms with Crippen LogP contribution in [0.3, 0.4) is 0 Å². The van der Waals surface area contributed by atoms with Crippen LogP contribution < -0.4 is 5.30 Å². The molecule has 0 radical (unpaired) electrons. The number of rotatable bonds is 6. The molecule has 0 aliphatic carbocycles. The minimum absolute atomic E-state index is 0.774. The highest BCUT2D eigenvalue weighted by Crippen LogP contribution is 2.41. The summed E-state index contributed by atoms with van der Waals surface area (Å²) in [5.74, 6) is 0. The predicted octanol–water partition coefficient (Wildman–Crippen LogP) is 4.69. The molecular weight excluding hydrogens is 239 g/mol. The molecule has 0 spiro atoms. The molecule has 0 saturated carbocycles. The molecule has 0 bridgehead atoms. The summed E-state index contributed by atoms with van der Waals surface area (Å²) in [4.78, 5) is 0. The fourth-order valence-electron chi connectivity index (χ4n) is 1.62. The number of hydrogen-bond acceptors (Lipinski definition) is 1. The summed E-state index contributed by atoms with van der Waals surface area (Å²) < 4.78 is 5.67. The molecule has 0 saturated heterocycles. The maximum atomic E-state index is 6.27. The molecule has 16 heavy (non-hydrogen) atoms. The van der Waals surface area contributed by atoms with Crippen molar-refractivity contribution in [1.82, 2.24) is 0 Å². The van der Waals surface area contributed by atoms with E-state index in [1.54, 1.807) is 0 Å². The molecule has 3 heteroatoms. The second kappa shape index (κ2) is 7.27. The lowest BCUT2D eigenvalue weighted by molar-refractivity contribution is 0.348. The van der Waals surface area contributed by atoms with Crippen molar-refractivity contribution in [2.75, 3.05) is 6.61 Å². The third-order valence-corrected chi connectivity index (χ3v) is 4.31. The number of aryl methyl sites for hydroxylation is 2. The molecule has 0 heterocycles. The van der Waals surface area contributed by atoms with Gasteiger partial charge in [0, 0.05) is 5.30 Å². The minimum atomic E-state index is -0.952. The lowest BCUT2D eigenvalue weighted by Gasteiger charge is -2.12. The lowest BCUT2D eigenvalue weighted by atomic mass is 10.2. The van der Waals surface area contributed by atoms with Crippen molar-refractivity contribution >= 4 is 24.0 Å². The number of hydrogen-bond donors (Lipinski definition) is 0. The van der Waals surface area contributed by atoms with Crippen LogP contribution in [-0.2, 0) is 4.52 Å². The summed E-state index contributed by atoms with van der Waals surface area (Å²) in [6.07, 6.45) is 3.53. The van der Waals surface area contributed by atoms with E-state index in [2.05, 4.69) is 39.0 Å². The molecule has 0 aliphatic rings. The van der Waals surface area contributed by atoms with Crippen LogP contribution in [0.2, 0.25) is 0 Å². The normalized spacial score (nSPS) is 12.8. The molecule has 1 rings (SSSR count). The minimum Gasteiger partial charge on any atom is -0.340 e. The fraction of sp³-hybridized carbons (Fsp3) is 0.538. The summed E-state index contributed by atoms with van der Waals surface area (Å²) >= 11 is 6.27. The van der Waals surface area contributed by atoms with Crippen LogP contribution in [0.25, 0.3) is 0 Å². The molecule has 1 nitrogen and oxygen atoms in total. The first-order valence-corrected chi connectivity index (χ1v) is 7.97. The van der Waals surface area contributed by atoms with Gasteiger partial charge >= 0.3 is 0 Å². The Balaban J connectivity index is 2.48. The van der Waals surface area contributed by atoms with Gasteiger partial charge in [0.1, 0.15) is 0 Å². The molecule has 0 aliphatic heterocycles. The highest BCUT2D eigenvalue weighted by atomic mass is 35.7. The Bertz CT molecular complexity index is 307. The van der Waals surface area contributed by atoms with Gasteiger partial charge in [0.05, 0.1) is 6.61 Å². The van der Waals surface area contributed by atoms with E-state index in [0.29, 0.717) is 0 Å². The SMILES string of the molecule is CCCCCOP(Cl)c1cc(C)cc(C)c1. The first-order chi connectivity index (χ1) is 7.63. The van der Waals surface area contributed by atoms with Crippen molar-refractivity contribution in [2.24, 2.45) is 0 Å². The van der Waals surface area contributed by atoms with Crippen LogP contribution in [0.4, 0.5) is 0 Å². The maximum absolute atomic E-state index is 6.27. The van der Waals surface area contributed by atoms with Crippen molar-refractivity contribution in [3.05, 3.63) is 29.3 Å². The van der Waals surface area contributed by atoms with Gasteiger partial charge < -0.3 is 4.52 Å². The highest BCUT2D eigenvalue weighted by Gasteiger charge is 2.09. The molecule has 0 amide bonds. The molecule has 1 atom stereocenters. The van der Waals surface area contributed by atoms with Crippen LogP contribution in [0.5, 0.6) is 0 Å². The van der Waals surface area contributed by atoms with Gasteiger partial charge in [-0.05, 0) is 32.4 Å². The van der Waals surface area contributed by atoms with Crippen molar-refractivity contribution in [2.45, 2.75) is 40.0 Å². The summed E-state index contributed by atoms with van der Waals surface area (Å²) in [6, 6.07) is 6.39.